The van der Waals surface area contributed by atoms with E-state index >= 15 is 0 Å². The number of hydrogen-bond donors (Lipinski definition) is 2. The normalized spacial score (nSPS) is 20.7. The number of hydrogen-bond acceptors (Lipinski definition) is 4. The van der Waals surface area contributed by atoms with Gasteiger partial charge in [-0.3, -0.25) is 14.5 Å². The molecule has 2 saturated heterocycles. The third-order valence-electron chi connectivity index (χ3n) is 5.97. The molecule has 3 N–H and O–H groups in total. The van der Waals surface area contributed by atoms with E-state index in [9.17, 15) is 9.59 Å². The van der Waals surface area contributed by atoms with Crippen LogP contribution in [0.25, 0.3) is 0 Å². The number of rotatable bonds is 5. The van der Waals surface area contributed by atoms with Gasteiger partial charge in [0.15, 0.2) is 0 Å². The second-order valence-electron chi connectivity index (χ2n) is 7.80. The summed E-state index contributed by atoms with van der Waals surface area (Å²) >= 11 is 0. The zero-order valence-electron chi connectivity index (χ0n) is 16.3. The summed E-state index contributed by atoms with van der Waals surface area (Å²) in [5.74, 6) is -0.190. The van der Waals surface area contributed by atoms with Crippen LogP contribution >= 0.6 is 0 Å². The fourth-order valence-electron chi connectivity index (χ4n) is 4.15. The highest BCUT2D eigenvalue weighted by Gasteiger charge is 2.26. The van der Waals surface area contributed by atoms with E-state index in [2.05, 4.69) is 15.1 Å². The first-order valence-electron chi connectivity index (χ1n) is 10.2. The Morgan fingerprint density at radius 2 is 1.67 bits per heavy atom. The average molecular weight is 373 g/mol. The first kappa shape index (κ1) is 19.7. The number of nitrogens with one attached hydrogen (secondary N) is 1. The molecule has 2 aliphatic heterocycles. The quantitative estimate of drug-likeness (QED) is 0.833. The van der Waals surface area contributed by atoms with Gasteiger partial charge in [-0.25, -0.2) is 0 Å². The number of carbonyl (C=O) groups excluding carboxylic acids is 2. The second kappa shape index (κ2) is 9.22. The highest BCUT2D eigenvalue weighted by Crippen LogP contribution is 2.30. The molecule has 3 rings (SSSR count). The molecule has 2 fully saturated rings. The van der Waals surface area contributed by atoms with Gasteiger partial charge in [-0.2, -0.15) is 0 Å². The number of primary amides is 1. The molecule has 2 heterocycles. The smallest absolute Gasteiger partial charge is 0.241 e. The molecule has 2 aliphatic rings. The Morgan fingerprint density at radius 1 is 1.04 bits per heavy atom. The Hall–Kier alpha value is -2.08. The van der Waals surface area contributed by atoms with E-state index in [4.69, 9.17) is 5.73 Å². The minimum absolute atomic E-state index is 0.0361. The van der Waals surface area contributed by atoms with Crippen LogP contribution in [0.3, 0.4) is 0 Å². The van der Waals surface area contributed by atoms with Crippen LogP contribution in [0.5, 0.6) is 0 Å². The third-order valence-corrected chi connectivity index (χ3v) is 5.97. The van der Waals surface area contributed by atoms with Crippen LogP contribution in [-0.4, -0.2) is 48.9 Å². The van der Waals surface area contributed by atoms with Crippen molar-refractivity contribution in [2.45, 2.75) is 51.5 Å². The van der Waals surface area contributed by atoms with Gasteiger partial charge in [0.1, 0.15) is 0 Å². The van der Waals surface area contributed by atoms with Crippen LogP contribution in [-0.2, 0) is 9.59 Å². The number of likely N-dealkylation sites (tertiary alicyclic amines) is 1. The van der Waals surface area contributed by atoms with E-state index in [-0.39, 0.29) is 23.8 Å². The maximum Gasteiger partial charge on any atom is 0.241 e. The molecule has 0 aliphatic carbocycles. The summed E-state index contributed by atoms with van der Waals surface area (Å²) in [6, 6.07) is 7.81. The van der Waals surface area contributed by atoms with Crippen molar-refractivity contribution in [2.24, 2.45) is 11.7 Å². The Bertz CT molecular complexity index is 647. The number of piperidine rings is 1. The topological polar surface area (TPSA) is 78.7 Å². The highest BCUT2D eigenvalue weighted by atomic mass is 16.2. The van der Waals surface area contributed by atoms with Crippen molar-refractivity contribution in [3.05, 3.63) is 24.3 Å². The fourth-order valence-corrected chi connectivity index (χ4v) is 4.15. The molecule has 1 unspecified atom stereocenters. The van der Waals surface area contributed by atoms with Gasteiger partial charge in [-0.1, -0.05) is 25.0 Å². The van der Waals surface area contributed by atoms with E-state index < -0.39 is 0 Å². The molecule has 2 amide bonds. The van der Waals surface area contributed by atoms with Gasteiger partial charge >= 0.3 is 0 Å². The van der Waals surface area contributed by atoms with Crippen molar-refractivity contribution in [1.82, 2.24) is 4.90 Å². The van der Waals surface area contributed by atoms with Gasteiger partial charge in [-0.15, -0.1) is 0 Å². The lowest BCUT2D eigenvalue weighted by Gasteiger charge is -2.34. The lowest BCUT2D eigenvalue weighted by Crippen LogP contribution is -2.43. The monoisotopic (exact) mass is 372 g/mol. The molecule has 27 heavy (non-hydrogen) atoms. The van der Waals surface area contributed by atoms with Crippen LogP contribution in [0.4, 0.5) is 11.4 Å². The molecular weight excluding hydrogens is 340 g/mol. The zero-order valence-corrected chi connectivity index (χ0v) is 16.3. The van der Waals surface area contributed by atoms with E-state index in [1.807, 2.05) is 31.2 Å². The van der Waals surface area contributed by atoms with Crippen molar-refractivity contribution in [1.29, 1.82) is 0 Å². The average Bonchev–Trinajstić information content (AvgIpc) is 2.97. The highest BCUT2D eigenvalue weighted by molar-refractivity contribution is 5.97. The first-order valence-corrected chi connectivity index (χ1v) is 10.2. The molecule has 6 nitrogen and oxygen atoms in total. The van der Waals surface area contributed by atoms with Gasteiger partial charge in [0.25, 0.3) is 0 Å². The number of carbonyl (C=O) groups is 2. The lowest BCUT2D eigenvalue weighted by atomic mass is 9.96. The van der Waals surface area contributed by atoms with Crippen LogP contribution in [0.15, 0.2) is 24.3 Å². The van der Waals surface area contributed by atoms with Gasteiger partial charge in [0.05, 0.1) is 17.4 Å². The van der Waals surface area contributed by atoms with Gasteiger partial charge < -0.3 is 16.0 Å². The molecule has 148 valence electrons. The fraction of sp³-hybridized carbons (Fsp3) is 0.619. The summed E-state index contributed by atoms with van der Waals surface area (Å²) in [4.78, 5) is 28.8. The van der Waals surface area contributed by atoms with Crippen molar-refractivity contribution < 1.29 is 9.59 Å². The Morgan fingerprint density at radius 3 is 2.30 bits per heavy atom. The summed E-state index contributed by atoms with van der Waals surface area (Å²) in [7, 11) is 0. The number of amides is 2. The predicted octanol–water partition coefficient (Wildman–Crippen LogP) is 2.59. The standard InChI is InChI=1S/C21H32N4O2/c1-16(24-12-6-2-3-7-13-24)21(27)23-18-8-4-5-9-19(18)25-14-10-17(11-15-25)20(22)26/h4-5,8-9,16-17H,2-3,6-7,10-15H2,1H3,(H2,22,26)(H,23,27). The van der Waals surface area contributed by atoms with Gasteiger partial charge in [0, 0.05) is 19.0 Å². The number of para-hydroxylation sites is 2. The summed E-state index contributed by atoms with van der Waals surface area (Å²) in [6.07, 6.45) is 6.39. The summed E-state index contributed by atoms with van der Waals surface area (Å²) < 4.78 is 0. The molecule has 0 saturated carbocycles. The van der Waals surface area contributed by atoms with Crippen molar-refractivity contribution >= 4 is 23.2 Å². The van der Waals surface area contributed by atoms with E-state index in [1.54, 1.807) is 0 Å². The summed E-state index contributed by atoms with van der Waals surface area (Å²) in [6.45, 7) is 5.56. The zero-order chi connectivity index (χ0) is 19.2. The molecule has 0 aromatic heterocycles. The van der Waals surface area contributed by atoms with Crippen molar-refractivity contribution in [2.75, 3.05) is 36.4 Å². The van der Waals surface area contributed by atoms with Gasteiger partial charge in [0.2, 0.25) is 11.8 Å². The van der Waals surface area contributed by atoms with Crippen molar-refractivity contribution in [3.8, 4) is 0 Å². The summed E-state index contributed by atoms with van der Waals surface area (Å²) in [5, 5.41) is 3.15. The van der Waals surface area contributed by atoms with Crippen LogP contribution in [0, 0.1) is 5.92 Å². The lowest BCUT2D eigenvalue weighted by molar-refractivity contribution is -0.122. The Labute approximate surface area is 162 Å². The Kier molecular flexibility index (Phi) is 6.72. The Balaban J connectivity index is 1.65. The summed E-state index contributed by atoms with van der Waals surface area (Å²) in [5.41, 5.74) is 7.32. The van der Waals surface area contributed by atoms with Gasteiger partial charge in [-0.05, 0) is 57.8 Å². The first-order chi connectivity index (χ1) is 13.1. The number of nitrogens with zero attached hydrogens (tertiary/aromatic N) is 2. The van der Waals surface area contributed by atoms with Crippen molar-refractivity contribution in [3.63, 3.8) is 0 Å². The van der Waals surface area contributed by atoms with Crippen LogP contribution < -0.4 is 16.0 Å². The van der Waals surface area contributed by atoms with Crippen LogP contribution in [0.1, 0.15) is 45.4 Å². The van der Waals surface area contributed by atoms with E-state index in [1.165, 1.54) is 25.7 Å². The number of anilines is 2. The number of benzene rings is 1. The molecule has 0 bridgehead atoms. The molecule has 1 aromatic carbocycles. The molecule has 6 heteroatoms. The minimum Gasteiger partial charge on any atom is -0.370 e. The third kappa shape index (κ3) is 5.01. The largest absolute Gasteiger partial charge is 0.370 e. The maximum absolute atomic E-state index is 12.9. The molecule has 0 spiro atoms. The molecule has 0 radical (unpaired) electrons. The molecule has 1 aromatic rings. The number of nitrogens with two attached hydrogens (primary N) is 1. The van der Waals surface area contributed by atoms with Crippen LogP contribution in [0.2, 0.25) is 0 Å². The second-order valence-corrected chi connectivity index (χ2v) is 7.80. The molecule has 1 atom stereocenters. The van der Waals surface area contributed by atoms with E-state index in [0.717, 1.165) is 50.4 Å². The van der Waals surface area contributed by atoms with E-state index in [0.29, 0.717) is 0 Å². The predicted molar refractivity (Wildman–Crippen MR) is 109 cm³/mol. The minimum atomic E-state index is -0.206. The maximum atomic E-state index is 12.9. The molecular formula is C21H32N4O2. The SMILES string of the molecule is CC(C(=O)Nc1ccccc1N1CCC(C(N)=O)CC1)N1CCCCCC1.